The van der Waals surface area contributed by atoms with Crippen molar-refractivity contribution in [2.45, 2.75) is 36.5 Å². The number of benzene rings is 2. The van der Waals surface area contributed by atoms with Gasteiger partial charge in [0.1, 0.15) is 0 Å². The Bertz CT molecular complexity index is 687. The van der Waals surface area contributed by atoms with E-state index in [0.717, 1.165) is 48.9 Å². The first-order chi connectivity index (χ1) is 11.2. The lowest BCUT2D eigenvalue weighted by atomic mass is 10.1. The molecule has 2 nitrogen and oxygen atoms in total. The summed E-state index contributed by atoms with van der Waals surface area (Å²) in [4.78, 5) is 5.00. The average molecular weight is 383 g/mol. The Kier molecular flexibility index (Phi) is 7.30. The van der Waals surface area contributed by atoms with E-state index in [1.807, 2.05) is 11.8 Å². The first-order valence-corrected chi connectivity index (χ1v) is 9.49. The topological polar surface area (TPSA) is 15.3 Å². The number of halogens is 2. The monoisotopic (exact) mass is 382 g/mol. The summed E-state index contributed by atoms with van der Waals surface area (Å²) in [6.45, 7) is 7.80. The van der Waals surface area contributed by atoms with E-state index < -0.39 is 0 Å². The van der Waals surface area contributed by atoms with Crippen LogP contribution in [0.25, 0.3) is 0 Å². The summed E-state index contributed by atoms with van der Waals surface area (Å²) < 4.78 is 0. The molecule has 0 saturated heterocycles. The Morgan fingerprint density at radius 3 is 2.54 bits per heavy atom. The fourth-order valence-corrected chi connectivity index (χ4v) is 4.22. The lowest BCUT2D eigenvalue weighted by Crippen LogP contribution is -2.24. The molecule has 0 radical (unpaired) electrons. The van der Waals surface area contributed by atoms with E-state index in [0.29, 0.717) is 0 Å². The van der Waals surface area contributed by atoms with E-state index in [2.05, 4.69) is 60.5 Å². The number of hydrogen-bond donors (Lipinski definition) is 1. The zero-order chi connectivity index (χ0) is 16.2. The van der Waals surface area contributed by atoms with E-state index >= 15 is 0 Å². The molecular formula is C19H24Cl2N2S. The largest absolute Gasteiger partial charge is 0.354 e. The normalized spacial score (nSPS) is 12.2. The standard InChI is InChI=1S/C19H23ClN2S.ClH/c1-3-22(4-2)11-7-8-14-12-19-17(13-15(14)20)21-16-9-5-6-10-18(16)23-19;/h5-6,9-10,12-13,21H,3-4,7-8,11H2,1-2H3;1H. The first kappa shape index (κ1) is 19.5. The van der Waals surface area contributed by atoms with Crippen LogP contribution in [0.3, 0.4) is 0 Å². The molecule has 5 heteroatoms. The van der Waals surface area contributed by atoms with Gasteiger partial charge in [-0.2, -0.15) is 0 Å². The minimum atomic E-state index is 0. The smallest absolute Gasteiger partial charge is 0.0541 e. The van der Waals surface area contributed by atoms with Crippen LogP contribution in [0.5, 0.6) is 0 Å². The second-order valence-electron chi connectivity index (χ2n) is 5.79. The Morgan fingerprint density at radius 2 is 1.79 bits per heavy atom. The number of nitrogens with one attached hydrogen (secondary N) is 1. The highest BCUT2D eigenvalue weighted by molar-refractivity contribution is 7.99. The Hall–Kier alpha value is -0.870. The highest BCUT2D eigenvalue weighted by Gasteiger charge is 2.17. The van der Waals surface area contributed by atoms with Crippen molar-refractivity contribution in [2.75, 3.05) is 25.0 Å². The van der Waals surface area contributed by atoms with Crippen molar-refractivity contribution in [2.24, 2.45) is 0 Å². The van der Waals surface area contributed by atoms with Crippen LogP contribution >= 0.6 is 35.8 Å². The van der Waals surface area contributed by atoms with Gasteiger partial charge in [0, 0.05) is 14.8 Å². The summed E-state index contributed by atoms with van der Waals surface area (Å²) in [6.07, 6.45) is 2.18. The van der Waals surface area contributed by atoms with Gasteiger partial charge in [0.05, 0.1) is 11.4 Å². The highest BCUT2D eigenvalue weighted by atomic mass is 35.5. The molecule has 0 amide bonds. The van der Waals surface area contributed by atoms with E-state index in [1.54, 1.807) is 0 Å². The molecule has 1 aliphatic rings. The summed E-state index contributed by atoms with van der Waals surface area (Å²) in [6, 6.07) is 12.7. The first-order valence-electron chi connectivity index (χ1n) is 8.30. The zero-order valence-corrected chi connectivity index (χ0v) is 16.5. The molecule has 0 aliphatic carbocycles. The van der Waals surface area contributed by atoms with Crippen molar-refractivity contribution in [3.8, 4) is 0 Å². The van der Waals surface area contributed by atoms with E-state index in [9.17, 15) is 0 Å². The van der Waals surface area contributed by atoms with Crippen molar-refractivity contribution in [3.05, 3.63) is 47.0 Å². The molecule has 0 spiro atoms. The van der Waals surface area contributed by atoms with Gasteiger partial charge in [-0.15, -0.1) is 12.4 Å². The van der Waals surface area contributed by atoms with E-state index in [1.165, 1.54) is 15.4 Å². The lowest BCUT2D eigenvalue weighted by Gasteiger charge is -2.22. The molecule has 24 heavy (non-hydrogen) atoms. The fraction of sp³-hybridized carbons (Fsp3) is 0.368. The highest BCUT2D eigenvalue weighted by Crippen LogP contribution is 2.45. The number of para-hydroxylation sites is 1. The number of fused-ring (bicyclic) bond motifs is 2. The van der Waals surface area contributed by atoms with E-state index in [4.69, 9.17) is 11.6 Å². The summed E-state index contributed by atoms with van der Waals surface area (Å²) >= 11 is 8.33. The molecule has 0 atom stereocenters. The predicted octanol–water partition coefficient (Wildman–Crippen LogP) is 6.24. The van der Waals surface area contributed by atoms with Crippen LogP contribution in [0.1, 0.15) is 25.8 Å². The van der Waals surface area contributed by atoms with Gasteiger partial charge in [-0.05, 0) is 62.3 Å². The van der Waals surface area contributed by atoms with Gasteiger partial charge < -0.3 is 10.2 Å². The van der Waals surface area contributed by atoms with Crippen molar-refractivity contribution in [1.29, 1.82) is 0 Å². The molecule has 0 bridgehead atoms. The van der Waals surface area contributed by atoms with Crippen LogP contribution in [0.2, 0.25) is 5.02 Å². The minimum Gasteiger partial charge on any atom is -0.354 e. The Balaban J connectivity index is 0.00000208. The molecule has 0 aromatic heterocycles. The third-order valence-electron chi connectivity index (χ3n) is 4.34. The number of aryl methyl sites for hydroxylation is 1. The maximum absolute atomic E-state index is 6.51. The number of anilines is 2. The molecule has 1 aliphatic heterocycles. The van der Waals surface area contributed by atoms with Gasteiger partial charge in [0.15, 0.2) is 0 Å². The molecule has 0 saturated carbocycles. The van der Waals surface area contributed by atoms with Crippen LogP contribution < -0.4 is 5.32 Å². The lowest BCUT2D eigenvalue weighted by molar-refractivity contribution is 0.300. The van der Waals surface area contributed by atoms with Gasteiger partial charge in [-0.1, -0.05) is 49.3 Å². The third-order valence-corrected chi connectivity index (χ3v) is 5.83. The van der Waals surface area contributed by atoms with Crippen molar-refractivity contribution >= 4 is 47.1 Å². The van der Waals surface area contributed by atoms with Crippen molar-refractivity contribution < 1.29 is 0 Å². The summed E-state index contributed by atoms with van der Waals surface area (Å²) in [5, 5.41) is 4.36. The van der Waals surface area contributed by atoms with Gasteiger partial charge in [-0.3, -0.25) is 0 Å². The second-order valence-corrected chi connectivity index (χ2v) is 7.28. The van der Waals surface area contributed by atoms with Crippen LogP contribution in [0.4, 0.5) is 11.4 Å². The molecule has 1 heterocycles. The van der Waals surface area contributed by atoms with Gasteiger partial charge in [-0.25, -0.2) is 0 Å². The fourth-order valence-electron chi connectivity index (χ4n) is 2.92. The van der Waals surface area contributed by atoms with E-state index in [-0.39, 0.29) is 12.4 Å². The SMILES string of the molecule is CCN(CC)CCCc1cc2c(cc1Cl)Nc1ccccc1S2.Cl. The maximum Gasteiger partial charge on any atom is 0.0541 e. The van der Waals surface area contributed by atoms with Crippen LogP contribution in [-0.4, -0.2) is 24.5 Å². The van der Waals surface area contributed by atoms with Gasteiger partial charge in [0.2, 0.25) is 0 Å². The Labute approximate surface area is 160 Å². The Morgan fingerprint density at radius 1 is 1.04 bits per heavy atom. The number of hydrogen-bond acceptors (Lipinski definition) is 3. The molecule has 130 valence electrons. The molecule has 3 rings (SSSR count). The molecule has 0 fully saturated rings. The maximum atomic E-state index is 6.51. The predicted molar refractivity (Wildman–Crippen MR) is 109 cm³/mol. The quantitative estimate of drug-likeness (QED) is 0.542. The summed E-state index contributed by atoms with van der Waals surface area (Å²) in [5.41, 5.74) is 3.53. The third kappa shape index (κ3) is 4.40. The molecular weight excluding hydrogens is 359 g/mol. The van der Waals surface area contributed by atoms with Crippen LogP contribution in [0, 0.1) is 0 Å². The zero-order valence-electron chi connectivity index (χ0n) is 14.1. The second kappa shape index (κ2) is 9.00. The van der Waals surface area contributed by atoms with Gasteiger partial charge in [0.25, 0.3) is 0 Å². The molecule has 2 aromatic rings. The molecule has 1 N–H and O–H groups in total. The van der Waals surface area contributed by atoms with Crippen LogP contribution in [0.15, 0.2) is 46.2 Å². The molecule has 0 unspecified atom stereocenters. The summed E-state index contributed by atoms with van der Waals surface area (Å²) in [7, 11) is 0. The number of rotatable bonds is 6. The summed E-state index contributed by atoms with van der Waals surface area (Å²) in [5.74, 6) is 0. The average Bonchev–Trinajstić information content (AvgIpc) is 2.57. The van der Waals surface area contributed by atoms with Crippen molar-refractivity contribution in [3.63, 3.8) is 0 Å². The molecule has 2 aromatic carbocycles. The number of nitrogens with zero attached hydrogens (tertiary/aromatic N) is 1. The van der Waals surface area contributed by atoms with Gasteiger partial charge >= 0.3 is 0 Å². The minimum absolute atomic E-state index is 0. The van der Waals surface area contributed by atoms with Crippen molar-refractivity contribution in [1.82, 2.24) is 4.90 Å². The van der Waals surface area contributed by atoms with Crippen LogP contribution in [-0.2, 0) is 6.42 Å².